The molecular weight excluding hydrogens is 310 g/mol. The minimum Gasteiger partial charge on any atom is -0.479 e. The highest BCUT2D eigenvalue weighted by molar-refractivity contribution is 8.00. The number of hydrogen-bond donors (Lipinski definition) is 4. The number of nitrogens with one attached hydrogen (secondary N) is 2. The Hall–Kier alpha value is -2.40. The zero-order chi connectivity index (χ0) is 16.5. The van der Waals surface area contributed by atoms with E-state index in [1.165, 1.54) is 25.2 Å². The highest BCUT2D eigenvalue weighted by Gasteiger charge is 2.19. The van der Waals surface area contributed by atoms with E-state index in [1.54, 1.807) is 5.43 Å². The molecule has 11 heteroatoms. The van der Waals surface area contributed by atoms with E-state index in [4.69, 9.17) is 16.4 Å². The van der Waals surface area contributed by atoms with Gasteiger partial charge in [0.1, 0.15) is 17.0 Å². The van der Waals surface area contributed by atoms with Crippen molar-refractivity contribution in [2.45, 2.75) is 18.4 Å². The minimum absolute atomic E-state index is 0.124. The molecule has 120 valence electrons. The van der Waals surface area contributed by atoms with Crippen LogP contribution in [0.15, 0.2) is 16.5 Å². The van der Waals surface area contributed by atoms with Gasteiger partial charge >= 0.3 is 11.8 Å². The van der Waals surface area contributed by atoms with Gasteiger partial charge in [0.2, 0.25) is 5.88 Å². The molecule has 0 aromatic carbocycles. The van der Waals surface area contributed by atoms with Crippen LogP contribution in [-0.2, 0) is 9.59 Å². The molecule has 1 heterocycles. The van der Waals surface area contributed by atoms with Crippen LogP contribution in [0.2, 0.25) is 0 Å². The van der Waals surface area contributed by atoms with Crippen molar-refractivity contribution in [3.05, 3.63) is 6.33 Å². The van der Waals surface area contributed by atoms with E-state index in [9.17, 15) is 9.59 Å². The van der Waals surface area contributed by atoms with E-state index in [0.717, 1.165) is 5.71 Å². The average Bonchev–Trinajstić information content (AvgIpc) is 2.55. The molecule has 0 spiro atoms. The highest BCUT2D eigenvalue weighted by Crippen LogP contribution is 2.31. The minimum atomic E-state index is -1.00. The molecular formula is C11H17N7O3S. The fourth-order valence-corrected chi connectivity index (χ4v) is 2.33. The van der Waals surface area contributed by atoms with Gasteiger partial charge in [-0.25, -0.2) is 10.8 Å². The molecule has 0 bridgehead atoms. The summed E-state index contributed by atoms with van der Waals surface area (Å²) in [5, 5.41) is 6.43. The summed E-state index contributed by atoms with van der Waals surface area (Å²) < 4.78 is 5.06. The smallest absolute Gasteiger partial charge is 0.323 e. The first-order valence-electron chi connectivity index (χ1n) is 6.16. The third-order valence-electron chi connectivity index (χ3n) is 2.51. The second kappa shape index (κ2) is 8.79. The van der Waals surface area contributed by atoms with Crippen LogP contribution in [0.4, 0.5) is 5.69 Å². The van der Waals surface area contributed by atoms with Gasteiger partial charge in [-0.05, 0) is 6.42 Å². The third-order valence-corrected chi connectivity index (χ3v) is 3.57. The summed E-state index contributed by atoms with van der Waals surface area (Å²) in [7, 11) is 1.38. The molecule has 0 saturated heterocycles. The number of anilines is 1. The standard InChI is InChI=1S/C11H17N7O3S/c1-3-6(17-12)4-22-11-7(10(21-2)14-5-15-11)16-8(19)9(20)18-13/h5H,3-4,12-13H2,1-2H3,(H,16,19)(H,18,20)/b17-6-. The first-order valence-corrected chi connectivity index (χ1v) is 7.15. The molecule has 0 aliphatic rings. The maximum atomic E-state index is 11.6. The highest BCUT2D eigenvalue weighted by atomic mass is 32.2. The topological polar surface area (TPSA) is 158 Å². The summed E-state index contributed by atoms with van der Waals surface area (Å²) in [4.78, 5) is 30.8. The van der Waals surface area contributed by atoms with Gasteiger partial charge in [0.25, 0.3) is 0 Å². The molecule has 0 aliphatic heterocycles. The van der Waals surface area contributed by atoms with Crippen LogP contribution >= 0.6 is 11.8 Å². The quantitative estimate of drug-likeness (QED) is 0.101. The Kier molecular flexibility index (Phi) is 7.05. The van der Waals surface area contributed by atoms with Crippen LogP contribution in [-0.4, -0.2) is 40.4 Å². The Balaban J connectivity index is 3.02. The Bertz CT molecular complexity index is 579. The summed E-state index contributed by atoms with van der Waals surface area (Å²) in [5.41, 5.74) is 2.68. The average molecular weight is 327 g/mol. The number of hydrogen-bond acceptors (Lipinski definition) is 9. The number of amides is 2. The number of hydrazine groups is 1. The maximum Gasteiger partial charge on any atom is 0.323 e. The van der Waals surface area contributed by atoms with E-state index in [2.05, 4.69) is 20.4 Å². The summed E-state index contributed by atoms with van der Waals surface area (Å²) in [6.45, 7) is 1.92. The van der Waals surface area contributed by atoms with Crippen molar-refractivity contribution in [2.75, 3.05) is 18.2 Å². The van der Waals surface area contributed by atoms with E-state index >= 15 is 0 Å². The van der Waals surface area contributed by atoms with Gasteiger partial charge in [-0.3, -0.25) is 15.0 Å². The Morgan fingerprint density at radius 3 is 2.68 bits per heavy atom. The molecule has 1 rings (SSSR count). The summed E-state index contributed by atoms with van der Waals surface area (Å²) in [5.74, 6) is 8.81. The molecule has 2 amide bonds. The number of carbonyl (C=O) groups excluding carboxylic acids is 2. The number of ether oxygens (including phenoxy) is 1. The normalized spacial score (nSPS) is 11.0. The predicted molar refractivity (Wildman–Crippen MR) is 82.2 cm³/mol. The van der Waals surface area contributed by atoms with E-state index < -0.39 is 11.8 Å². The molecule has 0 aliphatic carbocycles. The van der Waals surface area contributed by atoms with Crippen molar-refractivity contribution in [3.8, 4) is 5.88 Å². The molecule has 1 aromatic rings. The molecule has 0 unspecified atom stereocenters. The number of nitrogens with two attached hydrogens (primary N) is 2. The van der Waals surface area contributed by atoms with Gasteiger partial charge in [-0.1, -0.05) is 18.7 Å². The van der Waals surface area contributed by atoms with Crippen LogP contribution in [0.5, 0.6) is 5.88 Å². The number of hydrazone groups is 1. The molecule has 0 fully saturated rings. The van der Waals surface area contributed by atoms with E-state index in [-0.39, 0.29) is 11.6 Å². The van der Waals surface area contributed by atoms with Gasteiger partial charge in [0.15, 0.2) is 0 Å². The molecule has 10 nitrogen and oxygen atoms in total. The Labute approximate surface area is 131 Å². The zero-order valence-electron chi connectivity index (χ0n) is 12.1. The fourth-order valence-electron chi connectivity index (χ4n) is 1.34. The molecule has 22 heavy (non-hydrogen) atoms. The van der Waals surface area contributed by atoms with Gasteiger partial charge in [0, 0.05) is 11.5 Å². The summed E-state index contributed by atoms with van der Waals surface area (Å²) >= 11 is 1.28. The summed E-state index contributed by atoms with van der Waals surface area (Å²) in [6, 6.07) is 0. The van der Waals surface area contributed by atoms with Crippen LogP contribution in [0.3, 0.4) is 0 Å². The lowest BCUT2D eigenvalue weighted by atomic mass is 10.3. The fraction of sp³-hybridized carbons (Fsp3) is 0.364. The number of carbonyl (C=O) groups is 2. The first-order chi connectivity index (χ1) is 10.6. The van der Waals surface area contributed by atoms with Crippen molar-refractivity contribution in [3.63, 3.8) is 0 Å². The lowest BCUT2D eigenvalue weighted by Gasteiger charge is -2.12. The van der Waals surface area contributed by atoms with Gasteiger partial charge in [0.05, 0.1) is 7.11 Å². The molecule has 0 radical (unpaired) electrons. The van der Waals surface area contributed by atoms with Crippen molar-refractivity contribution < 1.29 is 14.3 Å². The van der Waals surface area contributed by atoms with Crippen molar-refractivity contribution in [1.82, 2.24) is 15.4 Å². The second-order valence-corrected chi connectivity index (χ2v) is 4.79. The second-order valence-electron chi connectivity index (χ2n) is 3.83. The third kappa shape index (κ3) is 4.56. The Morgan fingerprint density at radius 1 is 1.41 bits per heavy atom. The van der Waals surface area contributed by atoms with Crippen molar-refractivity contribution in [1.29, 1.82) is 0 Å². The number of nitrogens with zero attached hydrogens (tertiary/aromatic N) is 3. The van der Waals surface area contributed by atoms with Crippen molar-refractivity contribution in [2.24, 2.45) is 16.8 Å². The number of rotatable bonds is 6. The van der Waals surface area contributed by atoms with E-state index in [0.29, 0.717) is 17.2 Å². The first kappa shape index (κ1) is 17.7. The number of methoxy groups -OCH3 is 1. The van der Waals surface area contributed by atoms with Crippen LogP contribution in [0.25, 0.3) is 0 Å². The van der Waals surface area contributed by atoms with E-state index in [1.807, 2.05) is 6.92 Å². The number of thioether (sulfide) groups is 1. The van der Waals surface area contributed by atoms with Gasteiger partial charge in [-0.2, -0.15) is 10.1 Å². The van der Waals surface area contributed by atoms with Crippen LogP contribution in [0, 0.1) is 0 Å². The molecule has 0 atom stereocenters. The summed E-state index contributed by atoms with van der Waals surface area (Å²) in [6.07, 6.45) is 1.97. The lowest BCUT2D eigenvalue weighted by Crippen LogP contribution is -2.39. The molecule has 6 N–H and O–H groups in total. The van der Waals surface area contributed by atoms with Gasteiger partial charge in [-0.15, -0.1) is 0 Å². The molecule has 1 aromatic heterocycles. The monoisotopic (exact) mass is 327 g/mol. The zero-order valence-corrected chi connectivity index (χ0v) is 12.9. The lowest BCUT2D eigenvalue weighted by molar-refractivity contribution is -0.136. The largest absolute Gasteiger partial charge is 0.479 e. The van der Waals surface area contributed by atoms with Crippen molar-refractivity contribution >= 4 is 35.0 Å². The maximum absolute atomic E-state index is 11.6. The number of aromatic nitrogens is 2. The SMILES string of the molecule is CC/C(CSc1ncnc(OC)c1NC(=O)C(=O)NN)=N/N. The van der Waals surface area contributed by atoms with Crippen LogP contribution < -0.4 is 27.2 Å². The van der Waals surface area contributed by atoms with Crippen LogP contribution in [0.1, 0.15) is 13.3 Å². The van der Waals surface area contributed by atoms with Gasteiger partial charge < -0.3 is 15.9 Å². The molecule has 0 saturated carbocycles. The predicted octanol–water partition coefficient (Wildman–Crippen LogP) is -0.770. The Morgan fingerprint density at radius 2 is 2.14 bits per heavy atom.